The van der Waals surface area contributed by atoms with Gasteiger partial charge in [0.1, 0.15) is 0 Å². The van der Waals surface area contributed by atoms with Gasteiger partial charge in [0.15, 0.2) is 0 Å². The molecule has 0 saturated carbocycles. The highest BCUT2D eigenvalue weighted by atomic mass is 32.2. The fraction of sp³-hybridized carbons (Fsp3) is 0.0714. The van der Waals surface area contributed by atoms with E-state index in [1.807, 2.05) is 0 Å². The van der Waals surface area contributed by atoms with Crippen molar-refractivity contribution in [1.29, 1.82) is 0 Å². The second-order valence-electron chi connectivity index (χ2n) is 4.32. The van der Waals surface area contributed by atoms with Gasteiger partial charge in [-0.15, -0.1) is 0 Å². The number of primary amides is 1. The molecule has 0 unspecified atom stereocenters. The summed E-state index contributed by atoms with van der Waals surface area (Å²) in [6.45, 7) is 1.66. The topological polar surface area (TPSA) is 89.3 Å². The van der Waals surface area contributed by atoms with Crippen LogP contribution in [0.4, 0.5) is 5.69 Å². The number of amides is 1. The molecule has 2 rings (SSSR count). The first kappa shape index (κ1) is 14.1. The molecule has 104 valence electrons. The standard InChI is InChI=1S/C14H14N2O3S/c1-10-7-8-11(14(15)17)9-13(10)20(18,19)16-12-5-3-2-4-6-12/h2-9,16H,1H3,(H2,15,17). The number of para-hydroxylation sites is 1. The molecule has 0 atom stereocenters. The maximum Gasteiger partial charge on any atom is 0.262 e. The summed E-state index contributed by atoms with van der Waals surface area (Å²) in [6, 6.07) is 12.9. The van der Waals surface area contributed by atoms with Crippen LogP contribution in [0.3, 0.4) is 0 Å². The number of carbonyl (C=O) groups is 1. The Kier molecular flexibility index (Phi) is 3.76. The molecule has 0 aromatic heterocycles. The van der Waals surface area contributed by atoms with E-state index in [-0.39, 0.29) is 10.5 Å². The van der Waals surface area contributed by atoms with E-state index < -0.39 is 15.9 Å². The summed E-state index contributed by atoms with van der Waals surface area (Å²) >= 11 is 0. The van der Waals surface area contributed by atoms with Crippen LogP contribution in [-0.4, -0.2) is 14.3 Å². The molecule has 0 aliphatic rings. The summed E-state index contributed by atoms with van der Waals surface area (Å²) in [5, 5.41) is 0. The lowest BCUT2D eigenvalue weighted by atomic mass is 10.1. The zero-order valence-corrected chi connectivity index (χ0v) is 11.6. The number of nitrogens with two attached hydrogens (primary N) is 1. The maximum absolute atomic E-state index is 12.3. The van der Waals surface area contributed by atoms with E-state index in [0.29, 0.717) is 11.3 Å². The molecule has 2 aromatic rings. The normalized spacial score (nSPS) is 11.1. The lowest BCUT2D eigenvalue weighted by Crippen LogP contribution is -2.17. The van der Waals surface area contributed by atoms with Gasteiger partial charge in [0, 0.05) is 11.3 Å². The minimum absolute atomic E-state index is 0.0395. The molecule has 20 heavy (non-hydrogen) atoms. The van der Waals surface area contributed by atoms with Gasteiger partial charge in [-0.25, -0.2) is 8.42 Å². The predicted octanol–water partition coefficient (Wildman–Crippen LogP) is 1.89. The van der Waals surface area contributed by atoms with Gasteiger partial charge < -0.3 is 5.73 Å². The van der Waals surface area contributed by atoms with Crippen molar-refractivity contribution in [3.8, 4) is 0 Å². The average Bonchev–Trinajstić information content (AvgIpc) is 2.39. The van der Waals surface area contributed by atoms with Crippen molar-refractivity contribution < 1.29 is 13.2 Å². The van der Waals surface area contributed by atoms with E-state index in [1.165, 1.54) is 12.1 Å². The third-order valence-electron chi connectivity index (χ3n) is 2.79. The summed E-state index contributed by atoms with van der Waals surface area (Å²) in [4.78, 5) is 11.2. The smallest absolute Gasteiger partial charge is 0.262 e. The number of rotatable bonds is 4. The minimum atomic E-state index is -3.76. The second-order valence-corrected chi connectivity index (χ2v) is 5.97. The van der Waals surface area contributed by atoms with E-state index in [4.69, 9.17) is 5.73 Å². The number of sulfonamides is 1. The van der Waals surface area contributed by atoms with Crippen molar-refractivity contribution in [2.45, 2.75) is 11.8 Å². The van der Waals surface area contributed by atoms with Crippen molar-refractivity contribution in [3.05, 3.63) is 59.7 Å². The quantitative estimate of drug-likeness (QED) is 0.901. The fourth-order valence-electron chi connectivity index (χ4n) is 1.76. The summed E-state index contributed by atoms with van der Waals surface area (Å²) in [6.07, 6.45) is 0. The Balaban J connectivity index is 2.44. The van der Waals surface area contributed by atoms with Gasteiger partial charge in [0.2, 0.25) is 5.91 Å². The van der Waals surface area contributed by atoms with Crippen molar-refractivity contribution in [1.82, 2.24) is 0 Å². The van der Waals surface area contributed by atoms with Crippen LogP contribution in [0.5, 0.6) is 0 Å². The molecule has 0 spiro atoms. The maximum atomic E-state index is 12.3. The van der Waals surface area contributed by atoms with Gasteiger partial charge in [0.05, 0.1) is 4.90 Å². The van der Waals surface area contributed by atoms with Crippen molar-refractivity contribution in [2.24, 2.45) is 5.73 Å². The highest BCUT2D eigenvalue weighted by Crippen LogP contribution is 2.20. The average molecular weight is 290 g/mol. The van der Waals surface area contributed by atoms with Crippen molar-refractivity contribution in [2.75, 3.05) is 4.72 Å². The Morgan fingerprint density at radius 3 is 2.35 bits per heavy atom. The van der Waals surface area contributed by atoms with E-state index in [2.05, 4.69) is 4.72 Å². The van der Waals surface area contributed by atoms with Crippen LogP contribution in [0.15, 0.2) is 53.4 Å². The number of hydrogen-bond donors (Lipinski definition) is 2. The first-order chi connectivity index (χ1) is 9.40. The van der Waals surface area contributed by atoms with Gasteiger partial charge >= 0.3 is 0 Å². The number of carbonyl (C=O) groups excluding carboxylic acids is 1. The molecule has 0 aliphatic carbocycles. The third-order valence-corrected chi connectivity index (χ3v) is 4.31. The molecule has 0 heterocycles. The van der Waals surface area contributed by atoms with Crippen LogP contribution in [0.2, 0.25) is 0 Å². The first-order valence-corrected chi connectivity index (χ1v) is 7.37. The van der Waals surface area contributed by atoms with Crippen LogP contribution in [0.25, 0.3) is 0 Å². The zero-order chi connectivity index (χ0) is 14.8. The number of anilines is 1. The van der Waals surface area contributed by atoms with Crippen LogP contribution in [0.1, 0.15) is 15.9 Å². The van der Waals surface area contributed by atoms with Gasteiger partial charge in [0.25, 0.3) is 10.0 Å². The molecular formula is C14H14N2O3S. The Bertz CT molecular complexity index is 740. The molecule has 0 saturated heterocycles. The summed E-state index contributed by atoms with van der Waals surface area (Å²) in [5.41, 5.74) is 6.33. The highest BCUT2D eigenvalue weighted by molar-refractivity contribution is 7.92. The van der Waals surface area contributed by atoms with Crippen molar-refractivity contribution >= 4 is 21.6 Å². The molecule has 5 nitrogen and oxygen atoms in total. The van der Waals surface area contributed by atoms with E-state index >= 15 is 0 Å². The van der Waals surface area contributed by atoms with Crippen LogP contribution >= 0.6 is 0 Å². The van der Waals surface area contributed by atoms with Crippen LogP contribution < -0.4 is 10.5 Å². The number of hydrogen-bond acceptors (Lipinski definition) is 3. The van der Waals surface area contributed by atoms with E-state index in [1.54, 1.807) is 43.3 Å². The predicted molar refractivity (Wildman–Crippen MR) is 76.9 cm³/mol. The first-order valence-electron chi connectivity index (χ1n) is 5.88. The molecule has 6 heteroatoms. The fourth-order valence-corrected chi connectivity index (χ4v) is 3.09. The minimum Gasteiger partial charge on any atom is -0.366 e. The Morgan fingerprint density at radius 2 is 1.75 bits per heavy atom. The molecule has 3 N–H and O–H groups in total. The van der Waals surface area contributed by atoms with Gasteiger partial charge in [-0.2, -0.15) is 0 Å². The second kappa shape index (κ2) is 5.34. The van der Waals surface area contributed by atoms with Gasteiger partial charge in [-0.3, -0.25) is 9.52 Å². The van der Waals surface area contributed by atoms with Gasteiger partial charge in [-0.1, -0.05) is 24.3 Å². The highest BCUT2D eigenvalue weighted by Gasteiger charge is 2.18. The zero-order valence-electron chi connectivity index (χ0n) is 10.8. The van der Waals surface area contributed by atoms with Gasteiger partial charge in [-0.05, 0) is 36.8 Å². The van der Waals surface area contributed by atoms with Crippen LogP contribution in [0, 0.1) is 6.92 Å². The summed E-state index contributed by atoms with van der Waals surface area (Å²) in [5.74, 6) is -0.666. The Labute approximate surface area is 117 Å². The SMILES string of the molecule is Cc1ccc(C(N)=O)cc1S(=O)(=O)Nc1ccccc1. The third kappa shape index (κ3) is 2.97. The summed E-state index contributed by atoms with van der Waals surface area (Å²) < 4.78 is 27.1. The van der Waals surface area contributed by atoms with E-state index in [9.17, 15) is 13.2 Å². The number of benzene rings is 2. The molecule has 2 aromatic carbocycles. The largest absolute Gasteiger partial charge is 0.366 e. The number of aryl methyl sites for hydroxylation is 1. The van der Waals surface area contributed by atoms with E-state index in [0.717, 1.165) is 0 Å². The Morgan fingerprint density at radius 1 is 1.10 bits per heavy atom. The van der Waals surface area contributed by atoms with Crippen LogP contribution in [-0.2, 0) is 10.0 Å². The monoisotopic (exact) mass is 290 g/mol. The number of nitrogens with one attached hydrogen (secondary N) is 1. The molecule has 0 bridgehead atoms. The molecular weight excluding hydrogens is 276 g/mol. The Hall–Kier alpha value is -2.34. The van der Waals surface area contributed by atoms with Crippen molar-refractivity contribution in [3.63, 3.8) is 0 Å². The molecule has 0 fully saturated rings. The lowest BCUT2D eigenvalue weighted by Gasteiger charge is -2.11. The summed E-state index contributed by atoms with van der Waals surface area (Å²) in [7, 11) is -3.76. The molecule has 1 amide bonds. The molecule has 0 aliphatic heterocycles. The lowest BCUT2D eigenvalue weighted by molar-refractivity contribution is 0.1000. The molecule has 0 radical (unpaired) electrons.